The lowest BCUT2D eigenvalue weighted by molar-refractivity contribution is -0.155. The fourth-order valence-corrected chi connectivity index (χ4v) is 9.75. The van der Waals surface area contributed by atoms with Crippen molar-refractivity contribution in [3.05, 3.63) is 53.4 Å². The van der Waals surface area contributed by atoms with Gasteiger partial charge in [0.15, 0.2) is 0 Å². The number of hydrogen-bond donors (Lipinski definition) is 2. The quantitative estimate of drug-likeness (QED) is 0.259. The highest BCUT2D eigenvalue weighted by Crippen LogP contribution is 2.43. The number of piperazine rings is 1. The number of pyridine rings is 1. The summed E-state index contributed by atoms with van der Waals surface area (Å²) in [7, 11) is 1.74. The van der Waals surface area contributed by atoms with E-state index in [1.165, 1.54) is 29.0 Å². The Bertz CT molecular complexity index is 2180. The average Bonchev–Trinajstić information content (AvgIpc) is 4.07. The SMILES string of the molecule is CCn1c(-c2cc(N3CCN(C4CC4)CC3)cnc2[C@H](C)OC)c2c3cc(ccc31)C1=CCCN(C1)CC(NC(=O)OC(C)(C)C)C(=O)N1CCC[C@H](N1)C(=O)OCC(C)(C)C2. The first-order chi connectivity index (χ1) is 29.6. The molecule has 1 saturated carbocycles. The van der Waals surface area contributed by atoms with E-state index in [0.29, 0.717) is 32.4 Å². The zero-order chi connectivity index (χ0) is 43.9. The van der Waals surface area contributed by atoms with Crippen molar-refractivity contribution in [2.75, 3.05) is 71.0 Å². The molecule has 62 heavy (non-hydrogen) atoms. The Morgan fingerprint density at radius 2 is 1.84 bits per heavy atom. The maximum Gasteiger partial charge on any atom is 0.408 e. The summed E-state index contributed by atoms with van der Waals surface area (Å²) >= 11 is 0. The van der Waals surface area contributed by atoms with Crippen molar-refractivity contribution >= 4 is 40.1 Å². The van der Waals surface area contributed by atoms with Crippen molar-refractivity contribution in [1.82, 2.24) is 35.1 Å². The Hall–Kier alpha value is -4.50. The molecule has 4 atom stereocenters. The molecule has 2 aromatic heterocycles. The van der Waals surface area contributed by atoms with Gasteiger partial charge in [-0.05, 0) is 108 Å². The lowest BCUT2D eigenvalue weighted by Gasteiger charge is -2.37. The van der Waals surface area contributed by atoms with Gasteiger partial charge in [-0.25, -0.2) is 10.2 Å². The number of methoxy groups -OCH3 is 1. The first-order valence-corrected chi connectivity index (χ1v) is 22.9. The molecule has 6 heterocycles. The van der Waals surface area contributed by atoms with Crippen LogP contribution in [0.4, 0.5) is 10.5 Å². The largest absolute Gasteiger partial charge is 0.464 e. The second-order valence-corrected chi connectivity index (χ2v) is 19.8. The summed E-state index contributed by atoms with van der Waals surface area (Å²) < 4.78 is 20.2. The summed E-state index contributed by atoms with van der Waals surface area (Å²) in [6.07, 6.45) is 8.64. The van der Waals surface area contributed by atoms with E-state index in [4.69, 9.17) is 19.2 Å². The van der Waals surface area contributed by atoms with Crippen LogP contribution in [0.15, 0.2) is 36.5 Å². The molecule has 6 bridgehead atoms. The van der Waals surface area contributed by atoms with Crippen LogP contribution in [0.25, 0.3) is 27.7 Å². The van der Waals surface area contributed by atoms with Gasteiger partial charge in [0.25, 0.3) is 5.91 Å². The van der Waals surface area contributed by atoms with Crippen molar-refractivity contribution < 1.29 is 28.6 Å². The molecule has 2 amide bonds. The molecule has 8 rings (SSSR count). The summed E-state index contributed by atoms with van der Waals surface area (Å²) in [5, 5.41) is 5.52. The number of carbonyl (C=O) groups excluding carboxylic acids is 3. The molecule has 4 aliphatic heterocycles. The van der Waals surface area contributed by atoms with Gasteiger partial charge in [-0.3, -0.25) is 29.4 Å². The van der Waals surface area contributed by atoms with E-state index in [0.717, 1.165) is 90.8 Å². The van der Waals surface area contributed by atoms with Gasteiger partial charge >= 0.3 is 12.1 Å². The van der Waals surface area contributed by atoms with Gasteiger partial charge in [-0.1, -0.05) is 26.0 Å². The van der Waals surface area contributed by atoms with E-state index in [1.807, 2.05) is 6.20 Å². The molecule has 0 spiro atoms. The van der Waals surface area contributed by atoms with Gasteiger partial charge in [-0.15, -0.1) is 0 Å². The number of alkyl carbamates (subject to hydrolysis) is 1. The van der Waals surface area contributed by atoms with Crippen molar-refractivity contribution in [2.45, 2.75) is 123 Å². The Kier molecular flexibility index (Phi) is 12.8. The maximum absolute atomic E-state index is 14.3. The zero-order valence-corrected chi connectivity index (χ0v) is 38.2. The average molecular weight is 853 g/mol. The van der Waals surface area contributed by atoms with Crippen molar-refractivity contribution in [3.8, 4) is 11.3 Å². The predicted molar refractivity (Wildman–Crippen MR) is 242 cm³/mol. The zero-order valence-electron chi connectivity index (χ0n) is 38.2. The fourth-order valence-electron chi connectivity index (χ4n) is 9.75. The molecule has 1 aliphatic carbocycles. The Balaban J connectivity index is 1.22. The third-order valence-electron chi connectivity index (χ3n) is 13.2. The van der Waals surface area contributed by atoms with Gasteiger partial charge < -0.3 is 29.0 Å². The molecular formula is C48H68N8O6. The number of aromatic nitrogens is 2. The minimum Gasteiger partial charge on any atom is -0.464 e. The van der Waals surface area contributed by atoms with Crippen molar-refractivity contribution in [2.24, 2.45) is 5.41 Å². The van der Waals surface area contributed by atoms with Crippen LogP contribution in [0.1, 0.15) is 103 Å². The van der Waals surface area contributed by atoms with Gasteiger partial charge in [0.2, 0.25) is 0 Å². The number of amides is 2. The molecule has 2 N–H and O–H groups in total. The van der Waals surface area contributed by atoms with Crippen molar-refractivity contribution in [3.63, 3.8) is 0 Å². The standard InChI is InChI=1S/C48H68N8O6/c1-9-55-41-17-14-32-24-36(41)38(43(55)37-25-35(27-49-42(37)31(2)60-8)54-22-20-53(21-23-54)34-15-16-34)26-48(6,7)30-61-45(58)39-13-11-19-56(51-39)44(57)40(50-46(59)62-47(3,4)5)29-52-18-10-12-33(32)28-52/h12,14,17,24-25,27,31,34,39-40,51H,9-11,13,15-16,18-23,26,28-30H2,1-8H3,(H,50,59)/t31-,39-,40?/m0/s1. The third-order valence-corrected chi connectivity index (χ3v) is 13.2. The number of cyclic esters (lactones) is 1. The van der Waals surface area contributed by atoms with Gasteiger partial charge in [0, 0.05) is 93.9 Å². The van der Waals surface area contributed by atoms with Crippen LogP contribution in [0, 0.1) is 5.41 Å². The number of anilines is 1. The molecule has 1 aromatic carbocycles. The van der Waals surface area contributed by atoms with Crippen LogP contribution in [0.3, 0.4) is 0 Å². The number of hydrogen-bond acceptors (Lipinski definition) is 11. The lowest BCUT2D eigenvalue weighted by atomic mass is 9.84. The number of carbonyl (C=O) groups is 3. The van der Waals surface area contributed by atoms with E-state index in [1.54, 1.807) is 27.9 Å². The Morgan fingerprint density at radius 1 is 1.06 bits per heavy atom. The first kappa shape index (κ1) is 44.1. The highest BCUT2D eigenvalue weighted by atomic mass is 16.6. The van der Waals surface area contributed by atoms with E-state index in [-0.39, 0.29) is 25.2 Å². The summed E-state index contributed by atoms with van der Waals surface area (Å²) in [6, 6.07) is 8.28. The highest BCUT2D eigenvalue weighted by Gasteiger charge is 2.37. The molecule has 2 saturated heterocycles. The topological polar surface area (TPSA) is 134 Å². The smallest absolute Gasteiger partial charge is 0.408 e. The van der Waals surface area contributed by atoms with Gasteiger partial charge in [-0.2, -0.15) is 0 Å². The number of nitrogens with zero attached hydrogens (tertiary/aromatic N) is 6. The summed E-state index contributed by atoms with van der Waals surface area (Å²) in [4.78, 5) is 53.9. The predicted octanol–water partition coefficient (Wildman–Crippen LogP) is 6.32. The normalized spacial score (nSPS) is 24.6. The van der Waals surface area contributed by atoms with Crippen LogP contribution in [0.2, 0.25) is 0 Å². The second kappa shape index (κ2) is 17.9. The molecule has 0 radical (unpaired) electrons. The molecule has 5 aliphatic rings. The molecule has 14 heteroatoms. The Labute approximate surface area is 367 Å². The highest BCUT2D eigenvalue weighted by molar-refractivity contribution is 5.95. The van der Waals surface area contributed by atoms with Crippen LogP contribution in [-0.2, 0) is 36.8 Å². The molecule has 2 unspecified atom stereocenters. The van der Waals surface area contributed by atoms with Crippen LogP contribution >= 0.6 is 0 Å². The van der Waals surface area contributed by atoms with E-state index >= 15 is 0 Å². The molecular weight excluding hydrogens is 785 g/mol. The minimum atomic E-state index is -0.908. The maximum atomic E-state index is 14.3. The monoisotopic (exact) mass is 853 g/mol. The number of fused-ring (bicyclic) bond motifs is 6. The van der Waals surface area contributed by atoms with E-state index < -0.39 is 35.2 Å². The number of ether oxygens (including phenoxy) is 3. The second-order valence-electron chi connectivity index (χ2n) is 19.8. The van der Waals surface area contributed by atoms with Gasteiger partial charge in [0.1, 0.15) is 17.7 Å². The fraction of sp³-hybridized carbons (Fsp3) is 0.625. The number of esters is 1. The first-order valence-electron chi connectivity index (χ1n) is 22.9. The number of hydrazine groups is 1. The van der Waals surface area contributed by atoms with Crippen LogP contribution in [-0.4, -0.2) is 132 Å². The van der Waals surface area contributed by atoms with Crippen molar-refractivity contribution in [1.29, 1.82) is 0 Å². The Morgan fingerprint density at radius 3 is 2.55 bits per heavy atom. The molecule has 3 fully saturated rings. The number of nitrogens with one attached hydrogen (secondary N) is 2. The number of rotatable bonds is 7. The molecule has 336 valence electrons. The van der Waals surface area contributed by atoms with Crippen LogP contribution in [0.5, 0.6) is 0 Å². The summed E-state index contributed by atoms with van der Waals surface area (Å²) in [5.74, 6) is -0.709. The number of aryl methyl sites for hydroxylation is 1. The third kappa shape index (κ3) is 9.68. The number of benzene rings is 1. The summed E-state index contributed by atoms with van der Waals surface area (Å²) in [6.45, 7) is 21.0. The molecule has 14 nitrogen and oxygen atoms in total. The minimum absolute atomic E-state index is 0.184. The van der Waals surface area contributed by atoms with Gasteiger partial charge in [0.05, 0.1) is 36.0 Å². The van der Waals surface area contributed by atoms with Crippen LogP contribution < -0.4 is 15.6 Å². The van der Waals surface area contributed by atoms with E-state index in [2.05, 4.69) is 88.0 Å². The molecule has 3 aromatic rings. The lowest BCUT2D eigenvalue weighted by Crippen LogP contribution is -2.62. The van der Waals surface area contributed by atoms with E-state index in [9.17, 15) is 14.4 Å². The summed E-state index contributed by atoms with van der Waals surface area (Å²) in [5.41, 5.74) is 10.8.